The van der Waals surface area contributed by atoms with Gasteiger partial charge in [-0.1, -0.05) is 12.8 Å². The maximum absolute atomic E-state index is 12.5. The number of hydrogen-bond acceptors (Lipinski definition) is 6. The fourth-order valence-electron chi connectivity index (χ4n) is 2.45. The van der Waals surface area contributed by atoms with Crippen LogP contribution in [0.3, 0.4) is 0 Å². The van der Waals surface area contributed by atoms with E-state index < -0.39 is 23.8 Å². The van der Waals surface area contributed by atoms with E-state index in [0.717, 1.165) is 12.8 Å². The van der Waals surface area contributed by atoms with Crippen molar-refractivity contribution in [2.24, 2.45) is 11.7 Å². The van der Waals surface area contributed by atoms with Crippen molar-refractivity contribution in [3.8, 4) is 17.2 Å². The molecule has 1 unspecified atom stereocenters. The number of ether oxygens (including phenoxy) is 3. The molecule has 1 atom stereocenters. The first kappa shape index (κ1) is 19.4. The summed E-state index contributed by atoms with van der Waals surface area (Å²) < 4.78 is 15.6. The molecule has 26 heavy (non-hydrogen) atoms. The lowest BCUT2D eigenvalue weighted by molar-refractivity contribution is -0.139. The molecule has 1 aliphatic carbocycles. The molecule has 0 heterocycles. The Kier molecular flexibility index (Phi) is 6.26. The molecule has 4 N–H and O–H groups in total. The van der Waals surface area contributed by atoms with Crippen LogP contribution in [0.4, 0.5) is 0 Å². The summed E-state index contributed by atoms with van der Waals surface area (Å²) in [7, 11) is 2.72. The Morgan fingerprint density at radius 3 is 2.23 bits per heavy atom. The van der Waals surface area contributed by atoms with Gasteiger partial charge in [0, 0.05) is 5.56 Å². The molecule has 2 amide bonds. The van der Waals surface area contributed by atoms with Gasteiger partial charge in [0.05, 0.1) is 14.2 Å². The first-order valence-electron chi connectivity index (χ1n) is 8.06. The second-order valence-corrected chi connectivity index (χ2v) is 6.01. The van der Waals surface area contributed by atoms with Crippen molar-refractivity contribution >= 4 is 17.8 Å². The van der Waals surface area contributed by atoms with Crippen LogP contribution in [0.15, 0.2) is 12.1 Å². The number of carbonyl (C=O) groups is 3. The van der Waals surface area contributed by atoms with Crippen LogP contribution in [0, 0.1) is 5.92 Å². The third-order valence-electron chi connectivity index (χ3n) is 3.95. The number of carbonyl (C=O) groups excluding carboxylic acids is 2. The van der Waals surface area contributed by atoms with E-state index in [4.69, 9.17) is 19.9 Å². The van der Waals surface area contributed by atoms with Crippen LogP contribution in [0.5, 0.6) is 17.2 Å². The lowest BCUT2D eigenvalue weighted by atomic mass is 10.1. The summed E-state index contributed by atoms with van der Waals surface area (Å²) in [6.07, 6.45) is 2.36. The zero-order valence-electron chi connectivity index (χ0n) is 14.6. The highest BCUT2D eigenvalue weighted by molar-refractivity contribution is 5.97. The summed E-state index contributed by atoms with van der Waals surface area (Å²) in [6, 6.07) is 1.80. The van der Waals surface area contributed by atoms with E-state index >= 15 is 0 Å². The number of hydrogen-bond donors (Lipinski definition) is 3. The Morgan fingerprint density at radius 1 is 1.23 bits per heavy atom. The second kappa shape index (κ2) is 8.41. The number of rotatable bonds is 10. The van der Waals surface area contributed by atoms with E-state index in [1.165, 1.54) is 26.4 Å². The number of carboxylic acids is 1. The van der Waals surface area contributed by atoms with Crippen LogP contribution < -0.4 is 25.3 Å². The van der Waals surface area contributed by atoms with Crippen molar-refractivity contribution in [2.75, 3.05) is 20.8 Å². The van der Waals surface area contributed by atoms with E-state index in [9.17, 15) is 19.5 Å². The van der Waals surface area contributed by atoms with Crippen molar-refractivity contribution in [3.63, 3.8) is 0 Å². The van der Waals surface area contributed by atoms with Crippen molar-refractivity contribution in [1.82, 2.24) is 5.32 Å². The minimum atomic E-state index is -1.08. The van der Waals surface area contributed by atoms with Crippen LogP contribution in [-0.4, -0.2) is 49.8 Å². The number of aliphatic carboxylic acids is 1. The number of nitrogens with one attached hydrogen (secondary N) is 1. The van der Waals surface area contributed by atoms with E-state index in [1.54, 1.807) is 0 Å². The molecule has 0 aromatic heterocycles. The van der Waals surface area contributed by atoms with Gasteiger partial charge in [-0.2, -0.15) is 0 Å². The van der Waals surface area contributed by atoms with E-state index in [2.05, 4.69) is 5.32 Å². The molecule has 2 rings (SSSR count). The SMILES string of the molecule is COc1cc(C(=O)NC(CC2CC2)C(=O)O)cc(OC)c1OCC(N)=O. The monoisotopic (exact) mass is 366 g/mol. The van der Waals surface area contributed by atoms with E-state index in [0.29, 0.717) is 12.3 Å². The van der Waals surface area contributed by atoms with Gasteiger partial charge in [0.25, 0.3) is 11.8 Å². The van der Waals surface area contributed by atoms with Crippen molar-refractivity contribution < 1.29 is 33.7 Å². The highest BCUT2D eigenvalue weighted by Crippen LogP contribution is 2.38. The molecule has 9 heteroatoms. The standard InChI is InChI=1S/C17H22N2O7/c1-24-12-6-10(7-13(25-2)15(12)26-8-14(18)20)16(21)19-11(17(22)23)5-9-3-4-9/h6-7,9,11H,3-5,8H2,1-2H3,(H2,18,20)(H,19,21)(H,22,23). The Labute approximate surface area is 150 Å². The Bertz CT molecular complexity index is 675. The average molecular weight is 366 g/mol. The van der Waals surface area contributed by atoms with Gasteiger partial charge in [0.15, 0.2) is 18.1 Å². The van der Waals surface area contributed by atoms with Gasteiger partial charge in [-0.05, 0) is 24.5 Å². The first-order chi connectivity index (χ1) is 12.3. The fourth-order valence-corrected chi connectivity index (χ4v) is 2.45. The summed E-state index contributed by atoms with van der Waals surface area (Å²) in [5.41, 5.74) is 5.21. The first-order valence-corrected chi connectivity index (χ1v) is 8.06. The summed E-state index contributed by atoms with van der Waals surface area (Å²) in [4.78, 5) is 34.7. The molecule has 0 aliphatic heterocycles. The van der Waals surface area contributed by atoms with Crippen molar-refractivity contribution in [3.05, 3.63) is 17.7 Å². The zero-order valence-corrected chi connectivity index (χ0v) is 14.6. The number of primary amides is 1. The molecular formula is C17H22N2O7. The van der Waals surface area contributed by atoms with Gasteiger partial charge in [-0.3, -0.25) is 9.59 Å². The molecule has 1 aliphatic rings. The molecular weight excluding hydrogens is 344 g/mol. The van der Waals surface area contributed by atoms with E-state index in [-0.39, 0.29) is 29.4 Å². The Hall–Kier alpha value is -2.97. The summed E-state index contributed by atoms with van der Waals surface area (Å²) in [5, 5.41) is 11.8. The lowest BCUT2D eigenvalue weighted by Crippen LogP contribution is -2.41. The van der Waals surface area contributed by atoms with Gasteiger partial charge in [-0.25, -0.2) is 4.79 Å². The normalized spacial score (nSPS) is 14.2. The molecule has 9 nitrogen and oxygen atoms in total. The van der Waals surface area contributed by atoms with Crippen LogP contribution in [0.25, 0.3) is 0 Å². The largest absolute Gasteiger partial charge is 0.493 e. The fraction of sp³-hybridized carbons (Fsp3) is 0.471. The van der Waals surface area contributed by atoms with Gasteiger partial charge < -0.3 is 30.4 Å². The Morgan fingerprint density at radius 2 is 1.81 bits per heavy atom. The predicted molar refractivity (Wildman–Crippen MR) is 90.5 cm³/mol. The quantitative estimate of drug-likeness (QED) is 0.550. The zero-order chi connectivity index (χ0) is 19.3. The van der Waals surface area contributed by atoms with Crippen molar-refractivity contribution in [1.29, 1.82) is 0 Å². The van der Waals surface area contributed by atoms with Gasteiger partial charge in [-0.15, -0.1) is 0 Å². The van der Waals surface area contributed by atoms with Crippen LogP contribution in [-0.2, 0) is 9.59 Å². The molecule has 1 fully saturated rings. The average Bonchev–Trinajstić information content (AvgIpc) is 3.42. The highest BCUT2D eigenvalue weighted by Gasteiger charge is 2.30. The maximum Gasteiger partial charge on any atom is 0.326 e. The van der Waals surface area contributed by atoms with Crippen LogP contribution >= 0.6 is 0 Å². The number of nitrogens with two attached hydrogens (primary N) is 1. The molecule has 0 spiro atoms. The molecule has 1 saturated carbocycles. The topological polar surface area (TPSA) is 137 Å². The molecule has 0 saturated heterocycles. The third-order valence-corrected chi connectivity index (χ3v) is 3.95. The smallest absolute Gasteiger partial charge is 0.326 e. The molecule has 1 aromatic rings. The summed E-state index contributed by atoms with van der Waals surface area (Å²) >= 11 is 0. The number of amides is 2. The lowest BCUT2D eigenvalue weighted by Gasteiger charge is -2.17. The maximum atomic E-state index is 12.5. The van der Waals surface area contributed by atoms with Crippen LogP contribution in [0.1, 0.15) is 29.6 Å². The van der Waals surface area contributed by atoms with Gasteiger partial charge >= 0.3 is 5.97 Å². The van der Waals surface area contributed by atoms with Crippen molar-refractivity contribution in [2.45, 2.75) is 25.3 Å². The minimum Gasteiger partial charge on any atom is -0.493 e. The molecule has 142 valence electrons. The predicted octanol–water partition coefficient (Wildman–Crippen LogP) is 0.551. The van der Waals surface area contributed by atoms with Gasteiger partial charge in [0.1, 0.15) is 6.04 Å². The summed E-state index contributed by atoms with van der Waals surface area (Å²) in [6.45, 7) is -0.388. The van der Waals surface area contributed by atoms with Crippen LogP contribution in [0.2, 0.25) is 0 Å². The number of methoxy groups -OCH3 is 2. The molecule has 0 radical (unpaired) electrons. The number of benzene rings is 1. The second-order valence-electron chi connectivity index (χ2n) is 6.01. The summed E-state index contributed by atoms with van der Waals surface area (Å²) in [5.74, 6) is -1.56. The molecule has 0 bridgehead atoms. The minimum absolute atomic E-state index is 0.123. The number of carboxylic acid groups (broad SMARTS) is 1. The van der Waals surface area contributed by atoms with Gasteiger partial charge in [0.2, 0.25) is 5.75 Å². The third kappa shape index (κ3) is 5.01. The molecule has 1 aromatic carbocycles. The Balaban J connectivity index is 2.22. The van der Waals surface area contributed by atoms with E-state index in [1.807, 2.05) is 0 Å². The highest BCUT2D eigenvalue weighted by atomic mass is 16.5.